The molecule has 0 aromatic rings. The van der Waals surface area contributed by atoms with Crippen molar-refractivity contribution in [1.82, 2.24) is 0 Å². The lowest BCUT2D eigenvalue weighted by Crippen LogP contribution is -2.19. The van der Waals surface area contributed by atoms with Crippen LogP contribution in [0.1, 0.15) is 159 Å². The number of hydrogen-bond donors (Lipinski definition) is 0. The van der Waals surface area contributed by atoms with Gasteiger partial charge in [0.2, 0.25) is 0 Å². The van der Waals surface area contributed by atoms with Crippen LogP contribution in [-0.2, 0) is 19.1 Å². The quantitative estimate of drug-likeness (QED) is 0.0619. The van der Waals surface area contributed by atoms with E-state index in [9.17, 15) is 9.59 Å². The Kier molecular flexibility index (Phi) is 22.2. The monoisotopic (exact) mass is 665 g/mol. The number of allylic oxidation sites excluding steroid dienone is 10. The Morgan fingerprint density at radius 3 is 1.90 bits per heavy atom. The lowest BCUT2D eigenvalue weighted by molar-refractivity contribution is -0.149. The van der Waals surface area contributed by atoms with Gasteiger partial charge in [-0.15, -0.1) is 0 Å². The molecule has 4 nitrogen and oxygen atoms in total. The summed E-state index contributed by atoms with van der Waals surface area (Å²) >= 11 is 0. The van der Waals surface area contributed by atoms with Crippen LogP contribution >= 0.6 is 0 Å². The number of ether oxygens (including phenoxy) is 2. The van der Waals surface area contributed by atoms with E-state index in [4.69, 9.17) is 9.47 Å². The molecule has 0 aliphatic heterocycles. The number of esters is 2. The normalized spacial score (nSPS) is 17.4. The summed E-state index contributed by atoms with van der Waals surface area (Å²) < 4.78 is 10.6. The van der Waals surface area contributed by atoms with Crippen molar-refractivity contribution in [2.24, 2.45) is 23.2 Å². The molecule has 0 spiro atoms. The van der Waals surface area contributed by atoms with Crippen LogP contribution in [0.25, 0.3) is 0 Å². The smallest absolute Gasteiger partial charge is 0.306 e. The minimum Gasteiger partial charge on any atom is -0.461 e. The molecular formula is C44H72O4. The van der Waals surface area contributed by atoms with E-state index in [-0.39, 0.29) is 37.4 Å². The highest BCUT2D eigenvalue weighted by Gasteiger charge is 2.26. The van der Waals surface area contributed by atoms with E-state index in [0.717, 1.165) is 29.7 Å². The van der Waals surface area contributed by atoms with E-state index >= 15 is 0 Å². The highest BCUT2D eigenvalue weighted by Crippen LogP contribution is 2.40. The Morgan fingerprint density at radius 2 is 1.31 bits per heavy atom. The molecule has 0 fully saturated rings. The topological polar surface area (TPSA) is 52.6 Å². The van der Waals surface area contributed by atoms with Crippen molar-refractivity contribution < 1.29 is 19.1 Å². The van der Waals surface area contributed by atoms with E-state index in [2.05, 4.69) is 80.5 Å². The molecule has 0 aromatic carbocycles. The van der Waals surface area contributed by atoms with Crippen molar-refractivity contribution in [1.29, 1.82) is 0 Å². The summed E-state index contributed by atoms with van der Waals surface area (Å²) in [5.41, 5.74) is 6.66. The molecule has 2 atom stereocenters. The zero-order chi connectivity index (χ0) is 36.0. The molecule has 0 heterocycles. The highest BCUT2D eigenvalue weighted by atomic mass is 16.5. The molecule has 0 bridgehead atoms. The van der Waals surface area contributed by atoms with Crippen LogP contribution < -0.4 is 0 Å². The maximum Gasteiger partial charge on any atom is 0.306 e. The number of carbonyl (C=O) groups excluding carboxylic acids is 2. The molecule has 0 saturated heterocycles. The summed E-state index contributed by atoms with van der Waals surface area (Å²) in [6.45, 7) is 23.0. The van der Waals surface area contributed by atoms with Crippen LogP contribution in [0.3, 0.4) is 0 Å². The van der Waals surface area contributed by atoms with Crippen molar-refractivity contribution in [3.05, 3.63) is 70.4 Å². The molecule has 0 N–H and O–H groups in total. The molecule has 272 valence electrons. The zero-order valence-corrected chi connectivity index (χ0v) is 32.7. The molecule has 1 aliphatic carbocycles. The van der Waals surface area contributed by atoms with Crippen molar-refractivity contribution in [2.45, 2.75) is 159 Å². The number of carbonyl (C=O) groups is 2. The lowest BCUT2D eigenvalue weighted by atomic mass is 9.72. The van der Waals surface area contributed by atoms with Crippen LogP contribution in [0.2, 0.25) is 0 Å². The predicted molar refractivity (Wildman–Crippen MR) is 206 cm³/mol. The van der Waals surface area contributed by atoms with Gasteiger partial charge in [0.1, 0.15) is 13.2 Å². The molecule has 0 saturated carbocycles. The Hall–Kier alpha value is -2.62. The third-order valence-electron chi connectivity index (χ3n) is 9.77. The maximum absolute atomic E-state index is 12.1. The Bertz CT molecular complexity index is 1140. The van der Waals surface area contributed by atoms with Gasteiger partial charge in [-0.3, -0.25) is 9.59 Å². The molecule has 1 rings (SSSR count). The number of hydrogen-bond acceptors (Lipinski definition) is 4. The fourth-order valence-corrected chi connectivity index (χ4v) is 6.40. The summed E-state index contributed by atoms with van der Waals surface area (Å²) in [6, 6.07) is 0. The Balaban J connectivity index is 2.21. The summed E-state index contributed by atoms with van der Waals surface area (Å²) in [7, 11) is 0. The van der Waals surface area contributed by atoms with Gasteiger partial charge in [0.05, 0.1) is 12.8 Å². The van der Waals surface area contributed by atoms with Crippen molar-refractivity contribution >= 4 is 11.9 Å². The van der Waals surface area contributed by atoms with Crippen LogP contribution in [0.15, 0.2) is 70.4 Å². The van der Waals surface area contributed by atoms with E-state index in [0.29, 0.717) is 0 Å². The van der Waals surface area contributed by atoms with Gasteiger partial charge in [0.25, 0.3) is 0 Å². The largest absolute Gasteiger partial charge is 0.461 e. The van der Waals surface area contributed by atoms with Gasteiger partial charge in [-0.05, 0) is 101 Å². The Morgan fingerprint density at radius 1 is 0.750 bits per heavy atom. The maximum atomic E-state index is 12.1. The fraction of sp³-hybridized carbons (Fsp3) is 0.682. The Labute approximate surface area is 296 Å². The van der Waals surface area contributed by atoms with E-state index in [1.807, 2.05) is 31.2 Å². The molecular weight excluding hydrogens is 592 g/mol. The second-order valence-electron chi connectivity index (χ2n) is 15.8. The van der Waals surface area contributed by atoms with Crippen molar-refractivity contribution in [3.63, 3.8) is 0 Å². The highest BCUT2D eigenvalue weighted by molar-refractivity contribution is 5.77. The zero-order valence-electron chi connectivity index (χ0n) is 32.7. The van der Waals surface area contributed by atoms with Crippen molar-refractivity contribution in [2.75, 3.05) is 13.2 Å². The predicted octanol–water partition coefficient (Wildman–Crippen LogP) is 12.8. The van der Waals surface area contributed by atoms with Crippen LogP contribution in [0.4, 0.5) is 0 Å². The van der Waals surface area contributed by atoms with Gasteiger partial charge in [0, 0.05) is 0 Å². The third-order valence-corrected chi connectivity index (χ3v) is 9.77. The van der Waals surface area contributed by atoms with Gasteiger partial charge in [-0.1, -0.05) is 139 Å². The SMILES string of the molecule is CC1=C(/C=C/C(C)=C/C=C/C(C)=C/COC(=O)CCC(=O)OC/C=C(\C)CCC[C@H](C)CCC[C@H](C)CCCC(C)C)C(C)(C)CCC1. The van der Waals surface area contributed by atoms with Gasteiger partial charge in [-0.2, -0.15) is 0 Å². The average Bonchev–Trinajstić information content (AvgIpc) is 2.99. The van der Waals surface area contributed by atoms with Crippen LogP contribution in [0.5, 0.6) is 0 Å². The summed E-state index contributed by atoms with van der Waals surface area (Å²) in [4.78, 5) is 24.2. The fourth-order valence-electron chi connectivity index (χ4n) is 6.40. The van der Waals surface area contributed by atoms with Gasteiger partial charge >= 0.3 is 11.9 Å². The van der Waals surface area contributed by atoms with Crippen LogP contribution in [-0.4, -0.2) is 25.2 Å². The summed E-state index contributed by atoms with van der Waals surface area (Å²) in [5, 5.41) is 0. The summed E-state index contributed by atoms with van der Waals surface area (Å²) in [6.07, 6.45) is 29.8. The van der Waals surface area contributed by atoms with Crippen molar-refractivity contribution in [3.8, 4) is 0 Å². The molecule has 0 amide bonds. The second kappa shape index (κ2) is 24.5. The minimum atomic E-state index is -0.391. The molecule has 1 aliphatic rings. The average molecular weight is 665 g/mol. The third kappa shape index (κ3) is 21.4. The first-order valence-electron chi connectivity index (χ1n) is 19.1. The van der Waals surface area contributed by atoms with Gasteiger partial charge < -0.3 is 9.47 Å². The lowest BCUT2D eigenvalue weighted by Gasteiger charge is -2.32. The van der Waals surface area contributed by atoms with Crippen LogP contribution in [0, 0.1) is 23.2 Å². The van der Waals surface area contributed by atoms with E-state index in [1.54, 1.807) is 0 Å². The van der Waals surface area contributed by atoms with Gasteiger partial charge in [-0.25, -0.2) is 0 Å². The second-order valence-corrected chi connectivity index (χ2v) is 15.8. The first-order chi connectivity index (χ1) is 22.7. The number of rotatable bonds is 23. The first kappa shape index (κ1) is 43.4. The van der Waals surface area contributed by atoms with Gasteiger partial charge in [0.15, 0.2) is 0 Å². The molecule has 48 heavy (non-hydrogen) atoms. The molecule has 4 heteroatoms. The molecule has 0 unspecified atom stereocenters. The first-order valence-corrected chi connectivity index (χ1v) is 19.1. The van der Waals surface area contributed by atoms with E-state index in [1.165, 1.54) is 92.9 Å². The molecule has 0 aromatic heterocycles. The standard InChI is InChI=1S/C44H72O4/c1-34(2)16-11-17-35(3)18-12-19-36(4)20-13-22-38(6)29-32-47-42(45)27-28-43(46)48-33-30-39(7)23-14-21-37(5)25-26-41-40(8)24-15-31-44(41,9)10/h14,21,23,25-26,29-30,34-36H,11-13,15-20,22,24,27-28,31-33H2,1-10H3/b23-14+,26-25+,37-21+,38-29+,39-30+/t35-,36-/m1/s1. The molecule has 0 radical (unpaired) electrons. The van der Waals surface area contributed by atoms with E-state index < -0.39 is 5.97 Å². The minimum absolute atomic E-state index is 0.0276. The summed E-state index contributed by atoms with van der Waals surface area (Å²) in [5.74, 6) is 1.67.